The Morgan fingerprint density at radius 1 is 1.33 bits per heavy atom. The summed E-state index contributed by atoms with van der Waals surface area (Å²) in [4.78, 5) is 1.91. The van der Waals surface area contributed by atoms with E-state index in [4.69, 9.17) is 0 Å². The lowest BCUT2D eigenvalue weighted by Crippen LogP contribution is -2.16. The summed E-state index contributed by atoms with van der Waals surface area (Å²) in [6, 6.07) is 0. The van der Waals surface area contributed by atoms with E-state index in [-0.39, 0.29) is 5.83 Å². The normalized spacial score (nSPS) is 11.2. The van der Waals surface area contributed by atoms with Gasteiger partial charge in [-0.3, -0.25) is 0 Å². The summed E-state index contributed by atoms with van der Waals surface area (Å²) in [5.74, 6) is -0.205. The van der Waals surface area contributed by atoms with Gasteiger partial charge in [0.05, 0.1) is 0 Å². The Morgan fingerprint density at radius 2 is 1.83 bits per heavy atom. The van der Waals surface area contributed by atoms with Crippen LogP contribution in [-0.2, 0) is 0 Å². The van der Waals surface area contributed by atoms with Gasteiger partial charge >= 0.3 is 0 Å². The zero-order valence-corrected chi connectivity index (χ0v) is 8.34. The maximum absolute atomic E-state index is 13.0. The van der Waals surface area contributed by atoms with Crippen LogP contribution in [0.1, 0.15) is 13.8 Å². The molecular formula is C9H18FN2+. The second-order valence-electron chi connectivity index (χ2n) is 2.83. The highest BCUT2D eigenvalue weighted by molar-refractivity contribution is 5.70. The number of hydrogen-bond donors (Lipinski definition) is 0. The van der Waals surface area contributed by atoms with Crippen LogP contribution in [-0.4, -0.2) is 42.9 Å². The molecular weight excluding hydrogens is 155 g/mol. The maximum atomic E-state index is 13.0. The molecule has 0 heterocycles. The fraction of sp³-hybridized carbons (Fsp3) is 0.667. The van der Waals surface area contributed by atoms with Crippen molar-refractivity contribution in [3.63, 3.8) is 0 Å². The van der Waals surface area contributed by atoms with Gasteiger partial charge in [0.25, 0.3) is 0 Å². The quantitative estimate of drug-likeness (QED) is 0.461. The van der Waals surface area contributed by atoms with Crippen LogP contribution in [0.25, 0.3) is 0 Å². The van der Waals surface area contributed by atoms with E-state index in [0.717, 1.165) is 13.1 Å². The Kier molecular flexibility index (Phi) is 5.34. The lowest BCUT2D eigenvalue weighted by atomic mass is 10.5. The van der Waals surface area contributed by atoms with E-state index in [0.29, 0.717) is 0 Å². The van der Waals surface area contributed by atoms with Crippen LogP contribution in [0.3, 0.4) is 0 Å². The Hall–Kier alpha value is -0.860. The van der Waals surface area contributed by atoms with Crippen LogP contribution in [0.2, 0.25) is 0 Å². The first-order valence-electron chi connectivity index (χ1n) is 4.22. The molecule has 0 N–H and O–H groups in total. The van der Waals surface area contributed by atoms with Crippen LogP contribution in [0, 0.1) is 0 Å². The van der Waals surface area contributed by atoms with Gasteiger partial charge in [-0.1, -0.05) is 0 Å². The van der Waals surface area contributed by atoms with Crippen molar-refractivity contribution in [1.29, 1.82) is 0 Å². The van der Waals surface area contributed by atoms with Crippen LogP contribution in [0.4, 0.5) is 4.39 Å². The number of halogens is 1. The predicted octanol–water partition coefficient (Wildman–Crippen LogP) is 1.48. The molecule has 0 aromatic carbocycles. The molecule has 3 heteroatoms. The zero-order valence-electron chi connectivity index (χ0n) is 8.34. The molecule has 0 unspecified atom stereocenters. The second-order valence-corrected chi connectivity index (χ2v) is 2.83. The summed E-state index contributed by atoms with van der Waals surface area (Å²) >= 11 is 0. The van der Waals surface area contributed by atoms with Crippen molar-refractivity contribution in [2.45, 2.75) is 13.8 Å². The minimum atomic E-state index is -0.205. The first-order chi connectivity index (χ1) is 5.60. The summed E-state index contributed by atoms with van der Waals surface area (Å²) in [5.41, 5.74) is 0. The van der Waals surface area contributed by atoms with Gasteiger partial charge in [0.2, 0.25) is 12.0 Å². The largest absolute Gasteiger partial charge is 0.375 e. The van der Waals surface area contributed by atoms with E-state index in [9.17, 15) is 4.39 Å². The van der Waals surface area contributed by atoms with Crippen molar-refractivity contribution in [3.05, 3.63) is 12.0 Å². The summed E-state index contributed by atoms with van der Waals surface area (Å²) in [5, 5.41) is 0. The minimum absolute atomic E-state index is 0.205. The molecule has 0 bridgehead atoms. The SMILES string of the molecule is CCN(/C=C(\F)C=[N+](C)C)CC. The van der Waals surface area contributed by atoms with Crippen LogP contribution < -0.4 is 0 Å². The molecule has 12 heavy (non-hydrogen) atoms. The molecule has 0 saturated heterocycles. The van der Waals surface area contributed by atoms with E-state index in [2.05, 4.69) is 0 Å². The third kappa shape index (κ3) is 4.88. The molecule has 0 amide bonds. The van der Waals surface area contributed by atoms with Crippen molar-refractivity contribution in [2.24, 2.45) is 0 Å². The highest BCUT2D eigenvalue weighted by Gasteiger charge is 1.98. The molecule has 0 saturated carbocycles. The third-order valence-electron chi connectivity index (χ3n) is 1.50. The zero-order chi connectivity index (χ0) is 9.56. The number of hydrogen-bond acceptors (Lipinski definition) is 1. The van der Waals surface area contributed by atoms with Crippen molar-refractivity contribution in [1.82, 2.24) is 4.90 Å². The van der Waals surface area contributed by atoms with Gasteiger partial charge in [-0.25, -0.2) is 4.58 Å². The molecule has 0 radical (unpaired) electrons. The number of allylic oxidation sites excluding steroid dienone is 1. The molecule has 0 atom stereocenters. The van der Waals surface area contributed by atoms with Gasteiger partial charge < -0.3 is 4.90 Å². The van der Waals surface area contributed by atoms with Crippen molar-refractivity contribution >= 4 is 6.21 Å². The molecule has 0 fully saturated rings. The molecule has 0 rings (SSSR count). The van der Waals surface area contributed by atoms with E-state index in [1.165, 1.54) is 12.4 Å². The molecule has 0 spiro atoms. The highest BCUT2D eigenvalue weighted by atomic mass is 19.1. The molecule has 0 aliphatic rings. The third-order valence-corrected chi connectivity index (χ3v) is 1.50. The average molecular weight is 173 g/mol. The summed E-state index contributed by atoms with van der Waals surface area (Å²) in [7, 11) is 3.60. The smallest absolute Gasteiger partial charge is 0.201 e. The number of nitrogens with zero attached hydrogens (tertiary/aromatic N) is 2. The molecule has 70 valence electrons. The Balaban J connectivity index is 4.22. The Morgan fingerprint density at radius 3 is 2.17 bits per heavy atom. The average Bonchev–Trinajstić information content (AvgIpc) is 1.98. The van der Waals surface area contributed by atoms with Crippen LogP contribution in [0.5, 0.6) is 0 Å². The Bertz CT molecular complexity index is 177. The maximum Gasteiger partial charge on any atom is 0.201 e. The van der Waals surface area contributed by atoms with E-state index < -0.39 is 0 Å². The van der Waals surface area contributed by atoms with Crippen molar-refractivity contribution in [2.75, 3.05) is 27.2 Å². The van der Waals surface area contributed by atoms with E-state index >= 15 is 0 Å². The molecule has 0 aliphatic heterocycles. The highest BCUT2D eigenvalue weighted by Crippen LogP contribution is 1.96. The minimum Gasteiger partial charge on any atom is -0.375 e. The van der Waals surface area contributed by atoms with E-state index in [1.807, 2.05) is 18.7 Å². The molecule has 0 aromatic heterocycles. The summed E-state index contributed by atoms with van der Waals surface area (Å²) < 4.78 is 14.7. The van der Waals surface area contributed by atoms with Crippen molar-refractivity contribution in [3.8, 4) is 0 Å². The lowest BCUT2D eigenvalue weighted by Gasteiger charge is -2.13. The predicted molar refractivity (Wildman–Crippen MR) is 50.3 cm³/mol. The van der Waals surface area contributed by atoms with Gasteiger partial charge in [0, 0.05) is 19.3 Å². The molecule has 2 nitrogen and oxygen atoms in total. The van der Waals surface area contributed by atoms with Crippen LogP contribution in [0.15, 0.2) is 12.0 Å². The van der Waals surface area contributed by atoms with E-state index in [1.54, 1.807) is 18.7 Å². The van der Waals surface area contributed by atoms with Gasteiger partial charge in [0.1, 0.15) is 14.1 Å². The first kappa shape index (κ1) is 11.1. The van der Waals surface area contributed by atoms with Gasteiger partial charge in [-0.15, -0.1) is 0 Å². The number of rotatable bonds is 4. The first-order valence-corrected chi connectivity index (χ1v) is 4.22. The molecule has 0 aromatic rings. The Labute approximate surface area is 74.0 Å². The summed E-state index contributed by atoms with van der Waals surface area (Å²) in [6.07, 6.45) is 2.98. The lowest BCUT2D eigenvalue weighted by molar-refractivity contribution is -0.459. The van der Waals surface area contributed by atoms with Gasteiger partial charge in [0.15, 0.2) is 0 Å². The monoisotopic (exact) mass is 173 g/mol. The summed E-state index contributed by atoms with van der Waals surface area (Å²) in [6.45, 7) is 5.68. The molecule has 0 aliphatic carbocycles. The van der Waals surface area contributed by atoms with Crippen LogP contribution >= 0.6 is 0 Å². The van der Waals surface area contributed by atoms with Crippen molar-refractivity contribution < 1.29 is 8.97 Å². The van der Waals surface area contributed by atoms with Gasteiger partial charge in [-0.2, -0.15) is 4.39 Å². The standard InChI is InChI=1S/C9H18FN2/c1-5-12(6-2)8-9(10)7-11(3)4/h7-8H,5-6H2,1-4H3/q+1. The fourth-order valence-electron chi connectivity index (χ4n) is 0.861. The topological polar surface area (TPSA) is 6.25 Å². The van der Waals surface area contributed by atoms with Gasteiger partial charge in [-0.05, 0) is 13.8 Å². The fourth-order valence-corrected chi connectivity index (χ4v) is 0.861. The second kappa shape index (κ2) is 5.75.